The monoisotopic (exact) mass is 487 g/mol. The van der Waals surface area contributed by atoms with Crippen molar-refractivity contribution in [2.45, 2.75) is 19.9 Å². The van der Waals surface area contributed by atoms with Gasteiger partial charge in [0.05, 0.1) is 13.0 Å². The number of carbonyl (C=O) groups excluding carboxylic acids is 3. The van der Waals surface area contributed by atoms with E-state index in [2.05, 4.69) is 10.6 Å². The van der Waals surface area contributed by atoms with Gasteiger partial charge in [-0.05, 0) is 60.5 Å². The van der Waals surface area contributed by atoms with Crippen molar-refractivity contribution in [1.82, 2.24) is 5.32 Å². The molecule has 0 radical (unpaired) electrons. The first kappa shape index (κ1) is 24.8. The molecule has 0 aliphatic carbocycles. The zero-order chi connectivity index (χ0) is 25.5. The lowest BCUT2D eigenvalue weighted by molar-refractivity contribution is -0.126. The molecule has 36 heavy (non-hydrogen) atoms. The lowest BCUT2D eigenvalue weighted by Gasteiger charge is -2.17. The fourth-order valence-electron chi connectivity index (χ4n) is 3.98. The van der Waals surface area contributed by atoms with Crippen molar-refractivity contribution in [3.05, 3.63) is 83.9 Å². The van der Waals surface area contributed by atoms with Crippen molar-refractivity contribution in [2.24, 2.45) is 5.92 Å². The minimum atomic E-state index is -0.420. The molecule has 8 heteroatoms. The summed E-state index contributed by atoms with van der Waals surface area (Å²) >= 11 is 0. The van der Waals surface area contributed by atoms with Gasteiger partial charge in [0.15, 0.2) is 6.61 Å². The third kappa shape index (κ3) is 6.21. The molecule has 8 nitrogen and oxygen atoms in total. The normalized spacial score (nSPS) is 14.9. The Hall–Kier alpha value is -4.33. The molecular formula is C28H29N3O5. The van der Waals surface area contributed by atoms with Crippen LogP contribution in [0.25, 0.3) is 0 Å². The van der Waals surface area contributed by atoms with E-state index in [0.717, 1.165) is 22.6 Å². The van der Waals surface area contributed by atoms with E-state index in [-0.39, 0.29) is 30.7 Å². The van der Waals surface area contributed by atoms with Crippen LogP contribution in [0.15, 0.2) is 72.8 Å². The third-order valence-electron chi connectivity index (χ3n) is 6.06. The number of nitrogens with zero attached hydrogens (tertiary/aromatic N) is 1. The van der Waals surface area contributed by atoms with Gasteiger partial charge in [-0.2, -0.15) is 0 Å². The molecule has 1 saturated heterocycles. The van der Waals surface area contributed by atoms with Crippen molar-refractivity contribution < 1.29 is 23.9 Å². The number of amides is 3. The number of para-hydroxylation sites is 1. The molecule has 0 aromatic heterocycles. The largest absolute Gasteiger partial charge is 0.497 e. The topological polar surface area (TPSA) is 97.0 Å². The Morgan fingerprint density at radius 1 is 0.972 bits per heavy atom. The highest BCUT2D eigenvalue weighted by Gasteiger charge is 2.35. The van der Waals surface area contributed by atoms with Crippen LogP contribution in [0.1, 0.15) is 17.5 Å². The molecule has 2 N–H and O–H groups in total. The highest BCUT2D eigenvalue weighted by atomic mass is 16.5. The first-order valence-corrected chi connectivity index (χ1v) is 11.7. The molecule has 1 aliphatic heterocycles. The quantitative estimate of drug-likeness (QED) is 0.480. The number of hydrogen-bond donors (Lipinski definition) is 2. The van der Waals surface area contributed by atoms with E-state index in [9.17, 15) is 14.4 Å². The van der Waals surface area contributed by atoms with E-state index in [0.29, 0.717) is 24.5 Å². The van der Waals surface area contributed by atoms with Gasteiger partial charge < -0.3 is 25.0 Å². The molecule has 186 valence electrons. The summed E-state index contributed by atoms with van der Waals surface area (Å²) in [6.45, 7) is 2.49. The molecule has 1 fully saturated rings. The summed E-state index contributed by atoms with van der Waals surface area (Å²) in [4.78, 5) is 39.0. The number of anilines is 2. The van der Waals surface area contributed by atoms with E-state index < -0.39 is 5.92 Å². The number of nitrogens with one attached hydrogen (secondary N) is 2. The van der Waals surface area contributed by atoms with Gasteiger partial charge in [0.25, 0.3) is 5.91 Å². The number of benzene rings is 3. The van der Waals surface area contributed by atoms with E-state index >= 15 is 0 Å². The standard InChI is InChI=1S/C28H29N3O5/c1-19-5-3-4-6-25(19)30-26(32)18-36-24-13-9-22(10-14-24)31-17-21(15-27(31)33)28(34)29-16-20-7-11-23(35-2)12-8-20/h3-14,21H,15-18H2,1-2H3,(H,29,34)(H,30,32)/t21-/m0/s1. The zero-order valence-corrected chi connectivity index (χ0v) is 20.3. The van der Waals surface area contributed by atoms with Crippen LogP contribution in [0.4, 0.5) is 11.4 Å². The predicted octanol–water partition coefficient (Wildman–Crippen LogP) is 3.69. The minimum absolute atomic E-state index is 0.106. The maximum Gasteiger partial charge on any atom is 0.262 e. The van der Waals surface area contributed by atoms with Crippen LogP contribution in [0.5, 0.6) is 11.5 Å². The number of hydrogen-bond acceptors (Lipinski definition) is 5. The fourth-order valence-corrected chi connectivity index (χ4v) is 3.98. The van der Waals surface area contributed by atoms with Crippen LogP contribution in [0.3, 0.4) is 0 Å². The van der Waals surface area contributed by atoms with Crippen LogP contribution in [-0.2, 0) is 20.9 Å². The molecule has 1 aliphatic rings. The Morgan fingerprint density at radius 3 is 2.36 bits per heavy atom. The first-order valence-electron chi connectivity index (χ1n) is 11.7. The number of ether oxygens (including phenoxy) is 2. The van der Waals surface area contributed by atoms with Crippen LogP contribution in [0, 0.1) is 12.8 Å². The van der Waals surface area contributed by atoms with Gasteiger partial charge in [-0.1, -0.05) is 30.3 Å². The van der Waals surface area contributed by atoms with Gasteiger partial charge in [0.2, 0.25) is 11.8 Å². The molecule has 1 atom stereocenters. The average molecular weight is 488 g/mol. The van der Waals surface area contributed by atoms with E-state index in [1.807, 2.05) is 55.5 Å². The van der Waals surface area contributed by atoms with Crippen LogP contribution in [-0.4, -0.2) is 38.0 Å². The maximum absolute atomic E-state index is 12.6. The summed E-state index contributed by atoms with van der Waals surface area (Å²) in [6.07, 6.45) is 0.159. The summed E-state index contributed by atoms with van der Waals surface area (Å²) in [7, 11) is 1.60. The highest BCUT2D eigenvalue weighted by Crippen LogP contribution is 2.27. The number of aryl methyl sites for hydroxylation is 1. The van der Waals surface area contributed by atoms with Gasteiger partial charge in [0.1, 0.15) is 11.5 Å². The summed E-state index contributed by atoms with van der Waals surface area (Å²) in [6, 6.07) is 21.9. The van der Waals surface area contributed by atoms with Gasteiger partial charge in [0, 0.05) is 30.9 Å². The van der Waals surface area contributed by atoms with E-state index in [4.69, 9.17) is 9.47 Å². The molecular weight excluding hydrogens is 458 g/mol. The van der Waals surface area contributed by atoms with Crippen molar-refractivity contribution in [3.63, 3.8) is 0 Å². The molecule has 3 aromatic rings. The Labute approximate surface area is 210 Å². The van der Waals surface area contributed by atoms with Crippen molar-refractivity contribution in [2.75, 3.05) is 30.5 Å². The minimum Gasteiger partial charge on any atom is -0.497 e. The smallest absolute Gasteiger partial charge is 0.262 e. The molecule has 3 amide bonds. The Balaban J connectivity index is 1.26. The van der Waals surface area contributed by atoms with Crippen molar-refractivity contribution in [3.8, 4) is 11.5 Å². The number of carbonyl (C=O) groups is 3. The van der Waals surface area contributed by atoms with Crippen molar-refractivity contribution in [1.29, 1.82) is 0 Å². The van der Waals surface area contributed by atoms with Crippen LogP contribution in [0.2, 0.25) is 0 Å². The van der Waals surface area contributed by atoms with Crippen molar-refractivity contribution >= 4 is 29.1 Å². The number of methoxy groups -OCH3 is 1. The predicted molar refractivity (Wildman–Crippen MR) is 137 cm³/mol. The van der Waals surface area contributed by atoms with Crippen LogP contribution < -0.4 is 25.0 Å². The number of rotatable bonds is 9. The second-order valence-corrected chi connectivity index (χ2v) is 8.62. The van der Waals surface area contributed by atoms with Gasteiger partial charge in [-0.15, -0.1) is 0 Å². The fraction of sp³-hybridized carbons (Fsp3) is 0.250. The van der Waals surface area contributed by atoms with E-state index in [1.54, 1.807) is 36.3 Å². The van der Waals surface area contributed by atoms with Gasteiger partial charge in [-0.25, -0.2) is 0 Å². The van der Waals surface area contributed by atoms with E-state index in [1.165, 1.54) is 0 Å². The molecule has 0 unspecified atom stereocenters. The lowest BCUT2D eigenvalue weighted by Crippen LogP contribution is -2.32. The van der Waals surface area contributed by atoms with Gasteiger partial charge >= 0.3 is 0 Å². The summed E-state index contributed by atoms with van der Waals surface area (Å²) in [5, 5.41) is 5.73. The SMILES string of the molecule is COc1ccc(CNC(=O)[C@H]2CC(=O)N(c3ccc(OCC(=O)Nc4ccccc4C)cc3)C2)cc1. The lowest BCUT2D eigenvalue weighted by atomic mass is 10.1. The molecule has 0 spiro atoms. The average Bonchev–Trinajstić information content (AvgIpc) is 3.29. The molecule has 1 heterocycles. The summed E-state index contributed by atoms with van der Waals surface area (Å²) < 4.78 is 10.7. The maximum atomic E-state index is 12.6. The van der Waals surface area contributed by atoms with Crippen LogP contribution >= 0.6 is 0 Å². The Bertz CT molecular complexity index is 1220. The first-order chi connectivity index (χ1) is 17.4. The highest BCUT2D eigenvalue weighted by molar-refractivity contribution is 6.00. The molecule has 0 bridgehead atoms. The second-order valence-electron chi connectivity index (χ2n) is 8.62. The Kier molecular flexibility index (Phi) is 7.85. The third-order valence-corrected chi connectivity index (χ3v) is 6.06. The molecule has 0 saturated carbocycles. The summed E-state index contributed by atoms with van der Waals surface area (Å²) in [5.41, 5.74) is 3.35. The molecule has 4 rings (SSSR count). The Morgan fingerprint density at radius 2 is 1.67 bits per heavy atom. The molecule has 3 aromatic carbocycles. The van der Waals surface area contributed by atoms with Gasteiger partial charge in [-0.3, -0.25) is 14.4 Å². The zero-order valence-electron chi connectivity index (χ0n) is 20.3. The second kappa shape index (κ2) is 11.4. The summed E-state index contributed by atoms with van der Waals surface area (Å²) in [5.74, 6) is 0.332.